The molecule has 1 amide bonds. The molecule has 0 bridgehead atoms. The van der Waals surface area contributed by atoms with Crippen molar-refractivity contribution in [3.05, 3.63) is 11.5 Å². The monoisotopic (exact) mass is 383 g/mol. The van der Waals surface area contributed by atoms with Gasteiger partial charge in [-0.05, 0) is 39.0 Å². The number of hydrogen-bond acceptors (Lipinski definition) is 5. The molecule has 1 aliphatic carbocycles. The lowest BCUT2D eigenvalue weighted by Crippen LogP contribution is -2.38. The summed E-state index contributed by atoms with van der Waals surface area (Å²) in [5, 5.41) is 3.76. The van der Waals surface area contributed by atoms with E-state index in [-0.39, 0.29) is 10.8 Å². The van der Waals surface area contributed by atoms with Gasteiger partial charge in [-0.15, -0.1) is 0 Å². The molecule has 0 N–H and O–H groups in total. The van der Waals surface area contributed by atoms with Gasteiger partial charge in [0.2, 0.25) is 15.9 Å². The van der Waals surface area contributed by atoms with Crippen LogP contribution in [0.3, 0.4) is 0 Å². The minimum Gasteiger partial charge on any atom is -0.360 e. The third-order valence-electron chi connectivity index (χ3n) is 5.56. The lowest BCUT2D eigenvalue weighted by Gasteiger charge is -2.26. The number of carbonyl (C=O) groups is 1. The number of hydrogen-bond donors (Lipinski definition) is 0. The van der Waals surface area contributed by atoms with Crippen molar-refractivity contribution < 1.29 is 17.7 Å². The van der Waals surface area contributed by atoms with Gasteiger partial charge in [0.1, 0.15) is 10.6 Å². The summed E-state index contributed by atoms with van der Waals surface area (Å²) in [7, 11) is -3.64. The van der Waals surface area contributed by atoms with E-state index in [1.165, 1.54) is 23.6 Å². The summed E-state index contributed by atoms with van der Waals surface area (Å²) in [5.74, 6) is 0.993. The summed E-state index contributed by atoms with van der Waals surface area (Å²) in [5.41, 5.74) is 0.386. The van der Waals surface area contributed by atoms with E-state index < -0.39 is 10.0 Å². The molecule has 3 rings (SSSR count). The number of nitrogens with zero attached hydrogens (tertiary/aromatic N) is 3. The van der Waals surface area contributed by atoms with E-state index >= 15 is 0 Å². The second kappa shape index (κ2) is 8.08. The zero-order valence-corrected chi connectivity index (χ0v) is 16.6. The van der Waals surface area contributed by atoms with Crippen LogP contribution >= 0.6 is 0 Å². The lowest BCUT2D eigenvalue weighted by atomic mass is 9.86. The van der Waals surface area contributed by atoms with E-state index in [0.717, 1.165) is 12.8 Å². The van der Waals surface area contributed by atoms with Crippen molar-refractivity contribution in [3.8, 4) is 0 Å². The normalized spacial score (nSPS) is 20.9. The van der Waals surface area contributed by atoms with Gasteiger partial charge >= 0.3 is 0 Å². The summed E-state index contributed by atoms with van der Waals surface area (Å²) in [6, 6.07) is 0. The summed E-state index contributed by atoms with van der Waals surface area (Å²) in [6.45, 7) is 5.07. The Morgan fingerprint density at radius 1 is 1.08 bits per heavy atom. The smallest absolute Gasteiger partial charge is 0.248 e. The van der Waals surface area contributed by atoms with Crippen LogP contribution in [0.25, 0.3) is 0 Å². The molecule has 0 atom stereocenters. The molecule has 1 aromatic rings. The highest BCUT2D eigenvalue weighted by molar-refractivity contribution is 7.89. The molecular formula is C18H29N3O4S. The van der Waals surface area contributed by atoms with Gasteiger partial charge in [0, 0.05) is 32.6 Å². The molecular weight excluding hydrogens is 354 g/mol. The molecule has 1 aromatic heterocycles. The summed E-state index contributed by atoms with van der Waals surface area (Å²) in [4.78, 5) is 14.7. The van der Waals surface area contributed by atoms with Crippen molar-refractivity contribution in [2.24, 2.45) is 5.92 Å². The SMILES string of the molecule is Cc1noc(C)c1S(=O)(=O)N1CCCN(C(=O)CC2CCCCC2)CC1. The van der Waals surface area contributed by atoms with Crippen LogP contribution in [0, 0.1) is 19.8 Å². The van der Waals surface area contributed by atoms with Gasteiger partial charge in [-0.25, -0.2) is 8.42 Å². The van der Waals surface area contributed by atoms with E-state index in [9.17, 15) is 13.2 Å². The maximum Gasteiger partial charge on any atom is 0.248 e. The third-order valence-corrected chi connectivity index (χ3v) is 7.71. The zero-order chi connectivity index (χ0) is 18.7. The molecule has 2 aliphatic rings. The van der Waals surface area contributed by atoms with E-state index in [1.807, 2.05) is 4.90 Å². The van der Waals surface area contributed by atoms with Crippen molar-refractivity contribution in [2.75, 3.05) is 26.2 Å². The second-order valence-corrected chi connectivity index (χ2v) is 9.37. The maximum absolute atomic E-state index is 13.0. The van der Waals surface area contributed by atoms with Crippen LogP contribution in [-0.2, 0) is 14.8 Å². The lowest BCUT2D eigenvalue weighted by molar-refractivity contribution is -0.132. The van der Waals surface area contributed by atoms with Gasteiger partial charge in [-0.2, -0.15) is 4.31 Å². The summed E-state index contributed by atoms with van der Waals surface area (Å²) >= 11 is 0. The van der Waals surface area contributed by atoms with Gasteiger partial charge in [-0.1, -0.05) is 24.4 Å². The van der Waals surface area contributed by atoms with E-state index in [4.69, 9.17) is 4.52 Å². The fourth-order valence-corrected chi connectivity index (χ4v) is 5.88. The highest BCUT2D eigenvalue weighted by Gasteiger charge is 2.33. The predicted molar refractivity (Wildman–Crippen MR) is 97.1 cm³/mol. The molecule has 26 heavy (non-hydrogen) atoms. The van der Waals surface area contributed by atoms with Gasteiger partial charge in [-0.3, -0.25) is 4.79 Å². The topological polar surface area (TPSA) is 83.7 Å². The molecule has 1 aliphatic heterocycles. The summed E-state index contributed by atoms with van der Waals surface area (Å²) in [6.07, 6.45) is 7.28. The van der Waals surface area contributed by atoms with Crippen molar-refractivity contribution in [2.45, 2.75) is 63.7 Å². The summed E-state index contributed by atoms with van der Waals surface area (Å²) < 4.78 is 32.4. The Kier molecular flexibility index (Phi) is 6.02. The highest BCUT2D eigenvalue weighted by atomic mass is 32.2. The Morgan fingerprint density at radius 2 is 1.81 bits per heavy atom. The average Bonchev–Trinajstić information content (AvgIpc) is 2.82. The first-order chi connectivity index (χ1) is 12.4. The quantitative estimate of drug-likeness (QED) is 0.797. The number of sulfonamides is 1. The minimum absolute atomic E-state index is 0.166. The van der Waals surface area contributed by atoms with E-state index in [0.29, 0.717) is 56.4 Å². The number of aryl methyl sites for hydroxylation is 2. The van der Waals surface area contributed by atoms with Crippen molar-refractivity contribution in [1.29, 1.82) is 0 Å². The van der Waals surface area contributed by atoms with Crippen LogP contribution in [0.4, 0.5) is 0 Å². The van der Waals surface area contributed by atoms with Crippen molar-refractivity contribution in [3.63, 3.8) is 0 Å². The standard InChI is InChI=1S/C18H29N3O4S/c1-14-18(15(2)25-19-14)26(23,24)21-10-6-9-20(11-12-21)17(22)13-16-7-4-3-5-8-16/h16H,3-13H2,1-2H3. The highest BCUT2D eigenvalue weighted by Crippen LogP contribution is 2.28. The molecule has 1 saturated carbocycles. The maximum atomic E-state index is 13.0. The fraction of sp³-hybridized carbons (Fsp3) is 0.778. The first-order valence-corrected chi connectivity index (χ1v) is 11.0. The van der Waals surface area contributed by atoms with Crippen LogP contribution in [0.1, 0.15) is 56.4 Å². The van der Waals surface area contributed by atoms with Gasteiger partial charge in [0.25, 0.3) is 0 Å². The second-order valence-electron chi connectivity index (χ2n) is 7.50. The van der Waals surface area contributed by atoms with Gasteiger partial charge < -0.3 is 9.42 Å². The minimum atomic E-state index is -3.64. The predicted octanol–water partition coefficient (Wildman–Crippen LogP) is 2.48. The van der Waals surface area contributed by atoms with E-state index in [1.54, 1.807) is 13.8 Å². The Balaban J connectivity index is 1.63. The van der Waals surface area contributed by atoms with Crippen molar-refractivity contribution >= 4 is 15.9 Å². The molecule has 8 heteroatoms. The Morgan fingerprint density at radius 3 is 2.46 bits per heavy atom. The number of rotatable bonds is 4. The Labute approximate surface area is 155 Å². The first kappa shape index (κ1) is 19.4. The molecule has 0 aromatic carbocycles. The first-order valence-electron chi connectivity index (χ1n) is 9.60. The van der Waals surface area contributed by atoms with Crippen LogP contribution < -0.4 is 0 Å². The molecule has 2 heterocycles. The van der Waals surface area contributed by atoms with Crippen LogP contribution in [0.5, 0.6) is 0 Å². The number of aromatic nitrogens is 1. The Hall–Kier alpha value is -1.41. The third kappa shape index (κ3) is 4.11. The number of carbonyl (C=O) groups excluding carboxylic acids is 1. The fourth-order valence-electron chi connectivity index (χ4n) is 4.12. The van der Waals surface area contributed by atoms with Crippen molar-refractivity contribution in [1.82, 2.24) is 14.4 Å². The van der Waals surface area contributed by atoms with Gasteiger partial charge in [0.15, 0.2) is 5.76 Å². The van der Waals surface area contributed by atoms with Gasteiger partial charge in [0.05, 0.1) is 0 Å². The largest absolute Gasteiger partial charge is 0.360 e. The molecule has 146 valence electrons. The molecule has 0 radical (unpaired) electrons. The Bertz CT molecular complexity index is 718. The molecule has 0 unspecified atom stereocenters. The van der Waals surface area contributed by atoms with Crippen LogP contribution in [0.2, 0.25) is 0 Å². The number of amides is 1. The molecule has 2 fully saturated rings. The van der Waals surface area contributed by atoms with Crippen LogP contribution in [0.15, 0.2) is 9.42 Å². The average molecular weight is 384 g/mol. The van der Waals surface area contributed by atoms with E-state index in [2.05, 4.69) is 5.16 Å². The zero-order valence-electron chi connectivity index (χ0n) is 15.7. The molecule has 1 saturated heterocycles. The molecule has 7 nitrogen and oxygen atoms in total. The van der Waals surface area contributed by atoms with Crippen LogP contribution in [-0.4, -0.2) is 54.9 Å². The molecule has 0 spiro atoms.